The predicted molar refractivity (Wildman–Crippen MR) is 102 cm³/mol. The van der Waals surface area contributed by atoms with Crippen LogP contribution in [0.3, 0.4) is 0 Å². The molecule has 1 heterocycles. The Morgan fingerprint density at radius 1 is 0.840 bits per heavy atom. The van der Waals surface area contributed by atoms with Crippen LogP contribution in [0.2, 0.25) is 0 Å². The van der Waals surface area contributed by atoms with Crippen LogP contribution < -0.4 is 10.2 Å². The van der Waals surface area contributed by atoms with Gasteiger partial charge in [-0.05, 0) is 30.3 Å². The summed E-state index contributed by atoms with van der Waals surface area (Å²) in [6.45, 7) is 3.98. The van der Waals surface area contributed by atoms with Crippen LogP contribution in [0, 0.1) is 0 Å². The van der Waals surface area contributed by atoms with Gasteiger partial charge in [-0.3, -0.25) is 9.69 Å². The van der Waals surface area contributed by atoms with Gasteiger partial charge in [-0.2, -0.15) is 0 Å². The number of allylic oxidation sites excluding steroid dienone is 1. The first kappa shape index (κ1) is 15.9. The van der Waals surface area contributed by atoms with E-state index in [4.69, 9.17) is 0 Å². The molecule has 25 heavy (non-hydrogen) atoms. The van der Waals surface area contributed by atoms with E-state index in [0.29, 0.717) is 6.42 Å². The SMILES string of the molecule is O=C1CC(N2CCN(c3ccccc3)CC2)C=C1Nc1ccccc1. The second kappa shape index (κ2) is 7.11. The molecule has 1 N–H and O–H groups in total. The molecule has 1 aliphatic heterocycles. The van der Waals surface area contributed by atoms with E-state index in [2.05, 4.69) is 51.5 Å². The molecule has 2 aliphatic rings. The molecule has 0 bridgehead atoms. The summed E-state index contributed by atoms with van der Waals surface area (Å²) in [6, 6.07) is 20.7. The van der Waals surface area contributed by atoms with E-state index < -0.39 is 0 Å². The van der Waals surface area contributed by atoms with Crippen molar-refractivity contribution in [3.8, 4) is 0 Å². The van der Waals surface area contributed by atoms with Gasteiger partial charge in [-0.25, -0.2) is 0 Å². The summed E-state index contributed by atoms with van der Waals surface area (Å²) in [5.41, 5.74) is 2.99. The van der Waals surface area contributed by atoms with E-state index in [1.54, 1.807) is 0 Å². The highest BCUT2D eigenvalue weighted by Crippen LogP contribution is 2.24. The minimum atomic E-state index is 0.208. The topological polar surface area (TPSA) is 35.6 Å². The molecule has 4 heteroatoms. The molecule has 0 radical (unpaired) electrons. The molecule has 1 unspecified atom stereocenters. The summed E-state index contributed by atoms with van der Waals surface area (Å²) in [7, 11) is 0. The lowest BCUT2D eigenvalue weighted by molar-refractivity contribution is -0.115. The number of carbonyl (C=O) groups excluding carboxylic acids is 1. The normalized spacial score (nSPS) is 21.3. The standard InChI is InChI=1S/C21H23N3O/c25-21-16-19(15-20(21)22-17-7-3-1-4-8-17)24-13-11-23(12-14-24)18-9-5-2-6-10-18/h1-10,15,19,22H,11-14,16H2. The van der Waals surface area contributed by atoms with Gasteiger partial charge in [0.05, 0.1) is 5.70 Å². The molecule has 0 saturated carbocycles. The number of piperazine rings is 1. The maximum Gasteiger partial charge on any atom is 0.180 e. The number of para-hydroxylation sites is 2. The number of Topliss-reactive ketones (excluding diaryl/α,β-unsaturated/α-hetero) is 1. The fraction of sp³-hybridized carbons (Fsp3) is 0.286. The van der Waals surface area contributed by atoms with Crippen LogP contribution >= 0.6 is 0 Å². The minimum absolute atomic E-state index is 0.208. The van der Waals surface area contributed by atoms with Gasteiger partial charge in [-0.1, -0.05) is 36.4 Å². The van der Waals surface area contributed by atoms with Gasteiger partial charge in [0, 0.05) is 50.0 Å². The highest BCUT2D eigenvalue weighted by molar-refractivity contribution is 6.01. The molecule has 2 aromatic carbocycles. The summed E-state index contributed by atoms with van der Waals surface area (Å²) >= 11 is 0. The Bertz CT molecular complexity index is 749. The third kappa shape index (κ3) is 3.59. The fourth-order valence-electron chi connectivity index (χ4n) is 3.62. The second-order valence-electron chi connectivity index (χ2n) is 6.62. The van der Waals surface area contributed by atoms with E-state index in [9.17, 15) is 4.79 Å². The summed E-state index contributed by atoms with van der Waals surface area (Å²) in [4.78, 5) is 17.2. The number of hydrogen-bond donors (Lipinski definition) is 1. The molecule has 1 saturated heterocycles. The third-order valence-corrected chi connectivity index (χ3v) is 5.01. The molecule has 0 aromatic heterocycles. The molecule has 128 valence electrons. The van der Waals surface area contributed by atoms with E-state index in [1.165, 1.54) is 5.69 Å². The van der Waals surface area contributed by atoms with Crippen molar-refractivity contribution in [2.24, 2.45) is 0 Å². The van der Waals surface area contributed by atoms with Gasteiger partial charge >= 0.3 is 0 Å². The Balaban J connectivity index is 1.38. The number of nitrogens with one attached hydrogen (secondary N) is 1. The quantitative estimate of drug-likeness (QED) is 0.932. The predicted octanol–water partition coefficient (Wildman–Crippen LogP) is 3.15. The highest BCUT2D eigenvalue weighted by atomic mass is 16.1. The van der Waals surface area contributed by atoms with Crippen LogP contribution in [0.5, 0.6) is 0 Å². The minimum Gasteiger partial charge on any atom is -0.369 e. The van der Waals surface area contributed by atoms with Crippen LogP contribution in [0.1, 0.15) is 6.42 Å². The van der Waals surface area contributed by atoms with Gasteiger partial charge in [-0.15, -0.1) is 0 Å². The molecule has 1 aliphatic carbocycles. The monoisotopic (exact) mass is 333 g/mol. The Morgan fingerprint density at radius 2 is 1.48 bits per heavy atom. The zero-order chi connectivity index (χ0) is 17.1. The largest absolute Gasteiger partial charge is 0.369 e. The Hall–Kier alpha value is -2.59. The van der Waals surface area contributed by atoms with Crippen molar-refractivity contribution in [2.45, 2.75) is 12.5 Å². The molecule has 0 amide bonds. The van der Waals surface area contributed by atoms with E-state index in [0.717, 1.165) is 37.6 Å². The molecule has 1 fully saturated rings. The molecule has 1 atom stereocenters. The number of carbonyl (C=O) groups is 1. The van der Waals surface area contributed by atoms with Crippen molar-refractivity contribution >= 4 is 17.2 Å². The highest BCUT2D eigenvalue weighted by Gasteiger charge is 2.30. The third-order valence-electron chi connectivity index (χ3n) is 5.01. The Kier molecular flexibility index (Phi) is 4.53. The number of benzene rings is 2. The molecular weight excluding hydrogens is 310 g/mol. The van der Waals surface area contributed by atoms with Gasteiger partial charge in [0.1, 0.15) is 0 Å². The van der Waals surface area contributed by atoms with Crippen molar-refractivity contribution in [2.75, 3.05) is 36.4 Å². The average molecular weight is 333 g/mol. The zero-order valence-corrected chi connectivity index (χ0v) is 14.3. The van der Waals surface area contributed by atoms with Crippen molar-refractivity contribution in [1.29, 1.82) is 0 Å². The summed E-state index contributed by atoms with van der Waals surface area (Å²) in [6.07, 6.45) is 2.69. The van der Waals surface area contributed by atoms with Gasteiger partial charge in [0.2, 0.25) is 0 Å². The van der Waals surface area contributed by atoms with Crippen LogP contribution in [-0.4, -0.2) is 42.9 Å². The molecule has 2 aromatic rings. The van der Waals surface area contributed by atoms with Gasteiger partial charge in [0.25, 0.3) is 0 Å². The van der Waals surface area contributed by atoms with Crippen molar-refractivity contribution in [3.63, 3.8) is 0 Å². The summed E-state index contributed by atoms with van der Waals surface area (Å²) < 4.78 is 0. The zero-order valence-electron chi connectivity index (χ0n) is 14.3. The maximum atomic E-state index is 12.3. The molecule has 4 nitrogen and oxygen atoms in total. The van der Waals surface area contributed by atoms with Gasteiger partial charge < -0.3 is 10.2 Å². The van der Waals surface area contributed by atoms with E-state index in [-0.39, 0.29) is 11.8 Å². The van der Waals surface area contributed by atoms with E-state index in [1.807, 2.05) is 30.3 Å². The average Bonchev–Trinajstić information content (AvgIpc) is 3.04. The molecule has 4 rings (SSSR count). The first-order chi connectivity index (χ1) is 12.3. The molecule has 0 spiro atoms. The number of anilines is 2. The van der Waals surface area contributed by atoms with Crippen molar-refractivity contribution < 1.29 is 4.79 Å². The number of ketones is 1. The van der Waals surface area contributed by atoms with Gasteiger partial charge in [0.15, 0.2) is 5.78 Å². The summed E-state index contributed by atoms with van der Waals surface area (Å²) in [5.74, 6) is 0.208. The Labute approximate surface area is 148 Å². The van der Waals surface area contributed by atoms with Crippen molar-refractivity contribution in [1.82, 2.24) is 4.90 Å². The lowest BCUT2D eigenvalue weighted by Crippen LogP contribution is -2.49. The van der Waals surface area contributed by atoms with Crippen LogP contribution in [0.15, 0.2) is 72.4 Å². The first-order valence-electron chi connectivity index (χ1n) is 8.91. The lowest BCUT2D eigenvalue weighted by Gasteiger charge is -2.38. The second-order valence-corrected chi connectivity index (χ2v) is 6.62. The Morgan fingerprint density at radius 3 is 2.16 bits per heavy atom. The van der Waals surface area contributed by atoms with Crippen LogP contribution in [0.25, 0.3) is 0 Å². The number of hydrogen-bond acceptors (Lipinski definition) is 4. The smallest absolute Gasteiger partial charge is 0.180 e. The fourth-order valence-corrected chi connectivity index (χ4v) is 3.62. The van der Waals surface area contributed by atoms with Crippen LogP contribution in [0.4, 0.5) is 11.4 Å². The lowest BCUT2D eigenvalue weighted by atomic mass is 10.1. The molecular formula is C21H23N3O. The maximum absolute atomic E-state index is 12.3. The van der Waals surface area contributed by atoms with Crippen molar-refractivity contribution in [3.05, 3.63) is 72.4 Å². The summed E-state index contributed by atoms with van der Waals surface area (Å²) in [5, 5.41) is 3.27. The number of rotatable bonds is 4. The first-order valence-corrected chi connectivity index (χ1v) is 8.91. The number of nitrogens with zero attached hydrogens (tertiary/aromatic N) is 2. The van der Waals surface area contributed by atoms with Crippen LogP contribution in [-0.2, 0) is 4.79 Å². The van der Waals surface area contributed by atoms with E-state index >= 15 is 0 Å².